The molecular formula is C27H28N4O4. The van der Waals surface area contributed by atoms with E-state index in [-0.39, 0.29) is 11.5 Å². The van der Waals surface area contributed by atoms with Crippen molar-refractivity contribution in [3.63, 3.8) is 0 Å². The first-order valence-electron chi connectivity index (χ1n) is 11.7. The summed E-state index contributed by atoms with van der Waals surface area (Å²) in [6.45, 7) is 8.20. The van der Waals surface area contributed by atoms with Crippen LogP contribution in [0.1, 0.15) is 31.1 Å². The van der Waals surface area contributed by atoms with Gasteiger partial charge >= 0.3 is 6.09 Å². The number of aromatic nitrogens is 2. The predicted octanol–water partition coefficient (Wildman–Crippen LogP) is 3.98. The van der Waals surface area contributed by atoms with Crippen LogP contribution < -0.4 is 10.9 Å². The Morgan fingerprint density at radius 1 is 0.943 bits per heavy atom. The normalized spacial score (nSPS) is 14.4. The molecule has 0 spiro atoms. The molecule has 35 heavy (non-hydrogen) atoms. The number of carbonyl (C=O) groups is 2. The van der Waals surface area contributed by atoms with Crippen LogP contribution in [0.3, 0.4) is 0 Å². The fraction of sp³-hybridized carbons (Fsp3) is 0.296. The molecule has 0 saturated carbocycles. The number of benzene rings is 2. The molecule has 1 aliphatic heterocycles. The monoisotopic (exact) mass is 472 g/mol. The van der Waals surface area contributed by atoms with Gasteiger partial charge in [0.1, 0.15) is 5.60 Å². The number of hydrogen-bond acceptors (Lipinski definition) is 5. The van der Waals surface area contributed by atoms with E-state index in [1.54, 1.807) is 51.1 Å². The number of aromatic amines is 1. The van der Waals surface area contributed by atoms with Crippen LogP contribution in [0.5, 0.6) is 0 Å². The van der Waals surface area contributed by atoms with Gasteiger partial charge in [-0.25, -0.2) is 9.36 Å². The zero-order chi connectivity index (χ0) is 24.7. The van der Waals surface area contributed by atoms with Gasteiger partial charge in [-0.2, -0.15) is 0 Å². The lowest BCUT2D eigenvalue weighted by Gasteiger charge is -2.27. The van der Waals surface area contributed by atoms with Gasteiger partial charge in [0.2, 0.25) is 0 Å². The maximum atomic E-state index is 13.3. The largest absolute Gasteiger partial charge is 0.443 e. The average molecular weight is 473 g/mol. The molecule has 0 unspecified atom stereocenters. The highest BCUT2D eigenvalue weighted by molar-refractivity contribution is 6.02. The van der Waals surface area contributed by atoms with Crippen LogP contribution in [0, 0.1) is 0 Å². The Labute approximate surface area is 202 Å². The maximum absolute atomic E-state index is 13.3. The summed E-state index contributed by atoms with van der Waals surface area (Å²) >= 11 is 0. The van der Waals surface area contributed by atoms with Gasteiger partial charge in [-0.1, -0.05) is 18.2 Å². The number of H-pyrrole nitrogens is 1. The molecule has 180 valence electrons. The van der Waals surface area contributed by atoms with E-state index < -0.39 is 11.7 Å². The van der Waals surface area contributed by atoms with Crippen LogP contribution >= 0.6 is 0 Å². The van der Waals surface area contributed by atoms with Crippen LogP contribution in [0.2, 0.25) is 0 Å². The minimum atomic E-state index is -0.723. The van der Waals surface area contributed by atoms with Crippen LogP contribution in [-0.4, -0.2) is 58.2 Å². The number of nitrogens with zero attached hydrogens (tertiary/aromatic N) is 2. The number of rotatable bonds is 2. The molecule has 0 bridgehead atoms. The van der Waals surface area contributed by atoms with Crippen molar-refractivity contribution in [2.75, 3.05) is 26.2 Å². The minimum Gasteiger partial charge on any atom is -0.443 e. The molecule has 1 aliphatic rings. The van der Waals surface area contributed by atoms with Crippen LogP contribution in [0.15, 0.2) is 59.4 Å². The molecule has 0 radical (unpaired) electrons. The highest BCUT2D eigenvalue weighted by Gasteiger charge is 2.25. The molecule has 0 aliphatic carbocycles. The van der Waals surface area contributed by atoms with Gasteiger partial charge in [-0.05, 0) is 62.6 Å². The van der Waals surface area contributed by atoms with E-state index in [0.717, 1.165) is 18.5 Å². The summed E-state index contributed by atoms with van der Waals surface area (Å²) in [7, 11) is 0. The molecule has 3 heterocycles. The summed E-state index contributed by atoms with van der Waals surface area (Å²) in [6.07, 6.45) is -0.587. The van der Waals surface area contributed by atoms with E-state index >= 15 is 0 Å². The van der Waals surface area contributed by atoms with Gasteiger partial charge in [0, 0.05) is 42.6 Å². The van der Waals surface area contributed by atoms with Gasteiger partial charge in [-0.3, -0.25) is 9.59 Å². The number of fused-ring (bicyclic) bond motifs is 2. The Morgan fingerprint density at radius 3 is 2.43 bits per heavy atom. The zero-order valence-electron chi connectivity index (χ0n) is 20.1. The van der Waals surface area contributed by atoms with E-state index in [9.17, 15) is 14.4 Å². The topological polar surface area (TPSA) is 96.4 Å². The fourth-order valence-electron chi connectivity index (χ4n) is 4.44. The van der Waals surface area contributed by atoms with E-state index in [1.807, 2.05) is 29.2 Å². The molecule has 1 fully saturated rings. The van der Waals surface area contributed by atoms with Gasteiger partial charge in [0.15, 0.2) is 0 Å². The number of nitrogens with one attached hydrogen (secondary N) is 2. The number of carbonyl (C=O) groups excluding carboxylic acids is 2. The highest BCUT2D eigenvalue weighted by Crippen LogP contribution is 2.30. The molecule has 5 rings (SSSR count). The Balaban J connectivity index is 1.67. The second kappa shape index (κ2) is 8.70. The summed E-state index contributed by atoms with van der Waals surface area (Å²) in [6, 6.07) is 16.3. The second-order valence-electron chi connectivity index (χ2n) is 9.76. The van der Waals surface area contributed by atoms with Crippen molar-refractivity contribution in [3.05, 3.63) is 70.5 Å². The standard InChI is InChI=1S/C27H28N4O4/c1-27(2,3)35-26(34)31-22-9-8-18(25(33)30-12-10-28-11-13-30)14-19(22)16-23(31)20-15-17-6-4-5-7-21(17)29-24(20)32/h4-9,14-16,28H,10-13H2,1-3H3,(H,29,32). The van der Waals surface area contributed by atoms with E-state index in [0.29, 0.717) is 46.3 Å². The number of para-hydroxylation sites is 1. The summed E-state index contributed by atoms with van der Waals surface area (Å²) in [5, 5.41) is 4.77. The molecule has 2 aromatic carbocycles. The Bertz CT molecular complexity index is 1500. The lowest BCUT2D eigenvalue weighted by Crippen LogP contribution is -2.46. The molecule has 0 atom stereocenters. The first-order valence-corrected chi connectivity index (χ1v) is 11.7. The van der Waals surface area contributed by atoms with Crippen LogP contribution in [0.4, 0.5) is 4.79 Å². The Kier molecular flexibility index (Phi) is 5.68. The van der Waals surface area contributed by atoms with Gasteiger partial charge < -0.3 is 19.9 Å². The van der Waals surface area contributed by atoms with Crippen molar-refractivity contribution >= 4 is 33.8 Å². The quantitative estimate of drug-likeness (QED) is 0.460. The number of hydrogen-bond donors (Lipinski definition) is 2. The third-order valence-corrected chi connectivity index (χ3v) is 6.06. The Hall–Kier alpha value is -3.91. The molecule has 8 heteroatoms. The van der Waals surface area contributed by atoms with E-state index in [4.69, 9.17) is 4.74 Å². The molecule has 8 nitrogen and oxygen atoms in total. The number of pyridine rings is 1. The summed E-state index contributed by atoms with van der Waals surface area (Å²) in [4.78, 5) is 44.2. The summed E-state index contributed by atoms with van der Waals surface area (Å²) < 4.78 is 7.10. The maximum Gasteiger partial charge on any atom is 0.419 e. The SMILES string of the molecule is CC(C)(C)OC(=O)n1c(-c2cc3ccccc3[nH]c2=O)cc2cc(C(=O)N3CCNCC3)ccc21. The van der Waals surface area contributed by atoms with Gasteiger partial charge in [-0.15, -0.1) is 0 Å². The van der Waals surface area contributed by atoms with Gasteiger partial charge in [0.05, 0.1) is 16.8 Å². The van der Waals surface area contributed by atoms with Crippen molar-refractivity contribution in [1.82, 2.24) is 19.8 Å². The van der Waals surface area contributed by atoms with Crippen molar-refractivity contribution in [3.8, 4) is 11.3 Å². The second-order valence-corrected chi connectivity index (χ2v) is 9.76. The lowest BCUT2D eigenvalue weighted by molar-refractivity contribution is 0.0547. The average Bonchev–Trinajstić information content (AvgIpc) is 3.21. The first-order chi connectivity index (χ1) is 16.7. The van der Waals surface area contributed by atoms with Crippen molar-refractivity contribution in [2.24, 2.45) is 0 Å². The van der Waals surface area contributed by atoms with Crippen molar-refractivity contribution in [1.29, 1.82) is 0 Å². The lowest BCUT2D eigenvalue weighted by atomic mass is 10.1. The molecule has 1 saturated heterocycles. The van der Waals surface area contributed by atoms with Crippen molar-refractivity contribution < 1.29 is 14.3 Å². The molecule has 4 aromatic rings. The smallest absolute Gasteiger partial charge is 0.419 e. The summed E-state index contributed by atoms with van der Waals surface area (Å²) in [5.74, 6) is -0.0523. The van der Waals surface area contributed by atoms with Crippen LogP contribution in [-0.2, 0) is 4.74 Å². The minimum absolute atomic E-state index is 0.0523. The zero-order valence-corrected chi connectivity index (χ0v) is 20.1. The number of ether oxygens (including phenoxy) is 1. The third kappa shape index (κ3) is 4.44. The predicted molar refractivity (Wildman–Crippen MR) is 136 cm³/mol. The first kappa shape index (κ1) is 22.9. The fourth-order valence-corrected chi connectivity index (χ4v) is 4.44. The van der Waals surface area contributed by atoms with Crippen molar-refractivity contribution in [2.45, 2.75) is 26.4 Å². The summed E-state index contributed by atoms with van der Waals surface area (Å²) in [5.41, 5.74) is 1.55. The third-order valence-electron chi connectivity index (χ3n) is 6.06. The van der Waals surface area contributed by atoms with E-state index in [2.05, 4.69) is 10.3 Å². The number of piperazine rings is 1. The van der Waals surface area contributed by atoms with Crippen LogP contribution in [0.25, 0.3) is 33.1 Å². The van der Waals surface area contributed by atoms with E-state index in [1.165, 1.54) is 4.57 Å². The Morgan fingerprint density at radius 2 is 1.69 bits per heavy atom. The molecule has 2 aromatic heterocycles. The number of amides is 1. The molecule has 2 N–H and O–H groups in total. The van der Waals surface area contributed by atoms with Gasteiger partial charge in [0.25, 0.3) is 11.5 Å². The molecule has 1 amide bonds. The molecular weight excluding hydrogens is 444 g/mol. The highest BCUT2D eigenvalue weighted by atomic mass is 16.6.